The number of nitrogens with one attached hydrogen (secondary N) is 2. The molecule has 1 aromatic carbocycles. The first-order valence-corrected chi connectivity index (χ1v) is 12.6. The van der Waals surface area contributed by atoms with Crippen LogP contribution in [0.3, 0.4) is 0 Å². The third kappa shape index (κ3) is 8.07. The molecule has 184 valence electrons. The number of rotatable bonds is 9. The van der Waals surface area contributed by atoms with Gasteiger partial charge in [0.15, 0.2) is 0 Å². The number of nitrogens with zero attached hydrogens (tertiary/aromatic N) is 1. The van der Waals surface area contributed by atoms with Gasteiger partial charge in [0.2, 0.25) is 27.7 Å². The zero-order valence-electron chi connectivity index (χ0n) is 18.9. The van der Waals surface area contributed by atoms with Gasteiger partial charge in [-0.3, -0.25) is 14.4 Å². The Hall–Kier alpha value is -2.54. The first kappa shape index (κ1) is 26.7. The van der Waals surface area contributed by atoms with Gasteiger partial charge >= 0.3 is 0 Å². The van der Waals surface area contributed by atoms with Gasteiger partial charge in [0, 0.05) is 25.2 Å². The van der Waals surface area contributed by atoms with Crippen molar-refractivity contribution in [2.45, 2.75) is 62.3 Å². The molecule has 0 heterocycles. The van der Waals surface area contributed by atoms with E-state index in [-0.39, 0.29) is 18.1 Å². The van der Waals surface area contributed by atoms with Crippen molar-refractivity contribution in [3.8, 4) is 0 Å². The van der Waals surface area contributed by atoms with Crippen LogP contribution in [0.5, 0.6) is 0 Å². The topological polar surface area (TPSA) is 191 Å². The zero-order valence-corrected chi connectivity index (χ0v) is 19.8. The van der Waals surface area contributed by atoms with E-state index in [4.69, 9.17) is 17.2 Å². The van der Waals surface area contributed by atoms with Crippen molar-refractivity contribution in [2.75, 3.05) is 13.3 Å². The Labute approximate surface area is 194 Å². The molecular weight excluding hydrogens is 448 g/mol. The van der Waals surface area contributed by atoms with Crippen molar-refractivity contribution >= 4 is 27.7 Å². The van der Waals surface area contributed by atoms with Crippen molar-refractivity contribution in [1.82, 2.24) is 14.9 Å². The Morgan fingerprint density at radius 3 is 2.27 bits per heavy atom. The van der Waals surface area contributed by atoms with Crippen LogP contribution in [-0.2, 0) is 24.4 Å². The third-order valence-electron chi connectivity index (χ3n) is 5.71. The summed E-state index contributed by atoms with van der Waals surface area (Å²) in [4.78, 5) is 37.8. The number of hydrogen-bond acceptors (Lipinski definition) is 7. The number of sulfonamides is 1. The van der Waals surface area contributed by atoms with E-state index in [2.05, 4.69) is 10.6 Å². The van der Waals surface area contributed by atoms with Crippen molar-refractivity contribution in [3.63, 3.8) is 0 Å². The predicted molar refractivity (Wildman–Crippen MR) is 124 cm³/mol. The van der Waals surface area contributed by atoms with Crippen LogP contribution in [-0.4, -0.2) is 67.9 Å². The highest BCUT2D eigenvalue weighted by molar-refractivity contribution is 7.88. The van der Waals surface area contributed by atoms with Crippen molar-refractivity contribution in [1.29, 1.82) is 0 Å². The van der Waals surface area contributed by atoms with Crippen LogP contribution in [0.4, 0.5) is 0 Å². The molecule has 8 N–H and O–H groups in total. The molecule has 0 bridgehead atoms. The maximum atomic E-state index is 13.2. The molecule has 0 spiro atoms. The van der Waals surface area contributed by atoms with Crippen LogP contribution in [0, 0.1) is 0 Å². The van der Waals surface area contributed by atoms with Gasteiger partial charge in [-0.1, -0.05) is 30.3 Å². The average Bonchev–Trinajstić information content (AvgIpc) is 2.86. The second-order valence-electron chi connectivity index (χ2n) is 8.60. The summed E-state index contributed by atoms with van der Waals surface area (Å²) in [6.07, 6.45) is 2.98. The number of hydrogen-bond donors (Lipinski definition) is 5. The fourth-order valence-corrected chi connectivity index (χ4v) is 4.55. The number of carbonyl (C=O) groups excluding carboxylic acids is 3. The molecular formula is C21H34N6O5S. The lowest BCUT2D eigenvalue weighted by molar-refractivity contribution is -0.133. The monoisotopic (exact) mass is 482 g/mol. The molecule has 1 saturated carbocycles. The molecule has 12 heteroatoms. The van der Waals surface area contributed by atoms with E-state index in [0.717, 1.165) is 10.6 Å². The van der Waals surface area contributed by atoms with Gasteiger partial charge in [-0.25, -0.2) is 8.42 Å². The number of carbonyl (C=O) groups is 3. The number of likely N-dealkylation sites (N-methyl/N-ethyl adjacent to an activating group) is 1. The maximum absolute atomic E-state index is 13.2. The second-order valence-corrected chi connectivity index (χ2v) is 10.6. The number of amides is 3. The van der Waals surface area contributed by atoms with E-state index >= 15 is 0 Å². The summed E-state index contributed by atoms with van der Waals surface area (Å²) in [6.45, 7) is 0. The number of benzene rings is 1. The fourth-order valence-electron chi connectivity index (χ4n) is 3.95. The van der Waals surface area contributed by atoms with Crippen LogP contribution in [0.2, 0.25) is 0 Å². The van der Waals surface area contributed by atoms with Crippen LogP contribution in [0.25, 0.3) is 0 Å². The lowest BCUT2D eigenvalue weighted by Crippen LogP contribution is -2.54. The van der Waals surface area contributed by atoms with E-state index in [1.54, 1.807) is 30.3 Å². The summed E-state index contributed by atoms with van der Waals surface area (Å²) in [5, 5.41) is 5.34. The standard InChI is InChI=1S/C21H34N6O5S/c1-27(33(2,31)32)19(13-6-4-3-5-7-13)21(30)26-17(12-18(24)28)20(29)25-16-9-8-14(22)10-15(23)11-16/h3-7,14-17,19H,8-12,22-23H2,1-2H3,(H2,24,28)(H,25,29)(H,26,30)/t14?,15?,16?,17-,19-/m0/s1. The van der Waals surface area contributed by atoms with Crippen molar-refractivity contribution < 1.29 is 22.8 Å². The van der Waals surface area contributed by atoms with Crippen molar-refractivity contribution in [2.24, 2.45) is 17.2 Å². The Morgan fingerprint density at radius 2 is 1.70 bits per heavy atom. The number of primary amides is 1. The summed E-state index contributed by atoms with van der Waals surface area (Å²) in [5.74, 6) is -2.14. The van der Waals surface area contributed by atoms with Gasteiger partial charge in [0.1, 0.15) is 12.1 Å². The maximum Gasteiger partial charge on any atom is 0.243 e. The summed E-state index contributed by atoms with van der Waals surface area (Å²) < 4.78 is 25.2. The van der Waals surface area contributed by atoms with Crippen molar-refractivity contribution in [3.05, 3.63) is 35.9 Å². The van der Waals surface area contributed by atoms with Gasteiger partial charge in [-0.05, 0) is 31.2 Å². The van der Waals surface area contributed by atoms with Crippen LogP contribution >= 0.6 is 0 Å². The molecule has 3 unspecified atom stereocenters. The minimum Gasteiger partial charge on any atom is -0.370 e. The molecule has 0 radical (unpaired) electrons. The lowest BCUT2D eigenvalue weighted by atomic mass is 10.0. The normalized spacial score (nSPS) is 23.2. The zero-order chi connectivity index (χ0) is 24.8. The summed E-state index contributed by atoms with van der Waals surface area (Å²) in [6, 6.07) is 5.25. The van der Waals surface area contributed by atoms with Gasteiger partial charge in [0.25, 0.3) is 0 Å². The Morgan fingerprint density at radius 1 is 1.06 bits per heavy atom. The highest BCUT2D eigenvalue weighted by Gasteiger charge is 2.34. The fraction of sp³-hybridized carbons (Fsp3) is 0.571. The Bertz CT molecular complexity index is 942. The highest BCUT2D eigenvalue weighted by atomic mass is 32.2. The largest absolute Gasteiger partial charge is 0.370 e. The summed E-state index contributed by atoms with van der Waals surface area (Å²) in [5.41, 5.74) is 17.8. The van der Waals surface area contributed by atoms with Crippen LogP contribution in [0.15, 0.2) is 30.3 Å². The molecule has 2 rings (SSSR count). The van der Waals surface area contributed by atoms with E-state index in [0.29, 0.717) is 31.2 Å². The van der Waals surface area contributed by atoms with Gasteiger partial charge in [-0.15, -0.1) is 0 Å². The average molecular weight is 483 g/mol. The molecule has 0 aliphatic heterocycles. The molecule has 33 heavy (non-hydrogen) atoms. The minimum absolute atomic E-state index is 0.0545. The molecule has 1 aliphatic rings. The Kier molecular flexibility index (Phi) is 9.35. The molecule has 1 fully saturated rings. The van der Waals surface area contributed by atoms with E-state index in [1.165, 1.54) is 7.05 Å². The second kappa shape index (κ2) is 11.5. The van der Waals surface area contributed by atoms with Crippen LogP contribution < -0.4 is 27.8 Å². The molecule has 1 aliphatic carbocycles. The quantitative estimate of drug-likeness (QED) is 0.270. The van der Waals surface area contributed by atoms with E-state index < -0.39 is 46.2 Å². The van der Waals surface area contributed by atoms with Gasteiger partial charge < -0.3 is 27.8 Å². The van der Waals surface area contributed by atoms with Gasteiger partial charge in [-0.2, -0.15) is 4.31 Å². The Balaban J connectivity index is 2.23. The molecule has 1 aromatic rings. The molecule has 0 saturated heterocycles. The molecule has 3 amide bonds. The molecule has 5 atom stereocenters. The summed E-state index contributed by atoms with van der Waals surface area (Å²) >= 11 is 0. The van der Waals surface area contributed by atoms with E-state index in [9.17, 15) is 22.8 Å². The van der Waals surface area contributed by atoms with E-state index in [1.807, 2.05) is 0 Å². The first-order chi connectivity index (χ1) is 15.4. The third-order valence-corrected chi connectivity index (χ3v) is 6.97. The first-order valence-electron chi connectivity index (χ1n) is 10.8. The predicted octanol–water partition coefficient (Wildman–Crippen LogP) is -1.31. The minimum atomic E-state index is -3.76. The summed E-state index contributed by atoms with van der Waals surface area (Å²) in [7, 11) is -2.49. The smallest absolute Gasteiger partial charge is 0.243 e. The molecule has 11 nitrogen and oxygen atoms in total. The lowest BCUT2D eigenvalue weighted by Gasteiger charge is -2.28. The molecule has 0 aromatic heterocycles. The highest BCUT2D eigenvalue weighted by Crippen LogP contribution is 2.22. The van der Waals surface area contributed by atoms with Gasteiger partial charge in [0.05, 0.1) is 12.7 Å². The SMILES string of the molecule is CN([C@H](C(=O)N[C@@H](CC(N)=O)C(=O)NC1CCC(N)CC(N)C1)c1ccccc1)S(C)(=O)=O. The number of nitrogens with two attached hydrogens (primary N) is 3. The van der Waals surface area contributed by atoms with Crippen LogP contribution in [0.1, 0.15) is 43.7 Å².